The van der Waals surface area contributed by atoms with Crippen LogP contribution in [0.2, 0.25) is 0 Å². The SMILES string of the molecule is CC.CC.CC.CC.CC(=O)N=C(N)N.CC(C)=O.I.N=C(N)N.[CH-]=CCc1[c-]cccc1.[CH-]=CCc1[c-]cccc1.[Y].[Y]. The monoisotopic (exact) mass is 876 g/mol. The molecule has 0 spiro atoms. The van der Waals surface area contributed by atoms with E-state index in [1.165, 1.54) is 20.8 Å². The third kappa shape index (κ3) is 105. The van der Waals surface area contributed by atoms with Crippen molar-refractivity contribution in [1.29, 1.82) is 5.41 Å². The van der Waals surface area contributed by atoms with Crippen molar-refractivity contribution in [2.24, 2.45) is 27.9 Å². The summed E-state index contributed by atoms with van der Waals surface area (Å²) in [7, 11) is 0. The van der Waals surface area contributed by atoms with Gasteiger partial charge in [0.2, 0.25) is 5.91 Å². The third-order valence-electron chi connectivity index (χ3n) is 2.51. The molecule has 0 aromatic heterocycles. The summed E-state index contributed by atoms with van der Waals surface area (Å²) in [6.07, 6.45) is 4.87. The molecule has 2 rings (SSSR count). The zero-order valence-corrected chi connectivity index (χ0v) is 37.0. The maximum atomic E-state index is 9.91. The predicted molar refractivity (Wildman–Crippen MR) is 195 cm³/mol. The van der Waals surface area contributed by atoms with Gasteiger partial charge >= 0.3 is 0 Å². The first-order valence-corrected chi connectivity index (χ1v) is 13.6. The van der Waals surface area contributed by atoms with Gasteiger partial charge in [0.25, 0.3) is 0 Å². The molecule has 0 unspecified atom stereocenters. The Balaban J connectivity index is -0.0000000392. The Hall–Kier alpha value is -1.26. The molecule has 11 heteroatoms. The molecule has 2 aromatic carbocycles. The Morgan fingerprint density at radius 2 is 0.977 bits per heavy atom. The number of halogens is 1. The van der Waals surface area contributed by atoms with Gasteiger partial charge in [-0.2, -0.15) is 76.8 Å². The molecule has 0 heterocycles. The Morgan fingerprint density at radius 1 is 0.727 bits per heavy atom. The van der Waals surface area contributed by atoms with Gasteiger partial charge < -0.3 is 40.9 Å². The molecule has 0 fully saturated rings. The average Bonchev–Trinajstić information content (AvgIpc) is 2.94. The summed E-state index contributed by atoms with van der Waals surface area (Å²) in [6, 6.07) is 21.8. The maximum Gasteiger partial charge on any atom is 0.245 e. The van der Waals surface area contributed by atoms with Crippen LogP contribution in [0.4, 0.5) is 0 Å². The predicted octanol–water partition coefficient (Wildman–Crippen LogP) is 6.99. The quantitative estimate of drug-likeness (QED) is 0.0958. The van der Waals surface area contributed by atoms with Gasteiger partial charge in [0.05, 0.1) is 0 Å². The van der Waals surface area contributed by atoms with E-state index in [1.54, 1.807) is 12.2 Å². The van der Waals surface area contributed by atoms with E-state index in [1.807, 2.05) is 104 Å². The topological polar surface area (TPSA) is 174 Å². The molecule has 9 N–H and O–H groups in total. The smallest absolute Gasteiger partial charge is 0.245 e. The number of nitrogens with two attached hydrogens (primary N) is 4. The van der Waals surface area contributed by atoms with Gasteiger partial charge in [0.15, 0.2) is 11.9 Å². The van der Waals surface area contributed by atoms with Crippen LogP contribution in [0, 0.1) is 30.7 Å². The Labute approximate surface area is 338 Å². The van der Waals surface area contributed by atoms with Crippen molar-refractivity contribution >= 4 is 47.6 Å². The van der Waals surface area contributed by atoms with Crippen molar-refractivity contribution in [3.63, 3.8) is 0 Å². The zero-order chi connectivity index (χ0) is 34.1. The van der Waals surface area contributed by atoms with Crippen molar-refractivity contribution in [1.82, 2.24) is 0 Å². The van der Waals surface area contributed by atoms with E-state index >= 15 is 0 Å². The number of guanidine groups is 2. The molecule has 0 saturated carbocycles. The molecule has 2 aromatic rings. The summed E-state index contributed by atoms with van der Waals surface area (Å²) in [5, 5.41) is 6.06. The second kappa shape index (κ2) is 68.8. The van der Waals surface area contributed by atoms with Crippen LogP contribution in [0.1, 0.15) is 87.3 Å². The summed E-state index contributed by atoms with van der Waals surface area (Å²) in [5.74, 6) is -0.729. The first kappa shape index (κ1) is 69.5. The van der Waals surface area contributed by atoms with Crippen molar-refractivity contribution < 1.29 is 75.0 Å². The molecular formula is C33H59IN6O2Y2-4. The van der Waals surface area contributed by atoms with Gasteiger partial charge in [-0.3, -0.25) is 22.4 Å². The van der Waals surface area contributed by atoms with E-state index in [4.69, 9.17) is 30.0 Å². The molecule has 2 radical (unpaired) electrons. The molecule has 1 amide bonds. The first-order chi connectivity index (χ1) is 19.5. The number of carbonyl (C=O) groups is 2. The molecule has 44 heavy (non-hydrogen) atoms. The fraction of sp³-hybridized carbons (Fsp3) is 0.394. The normalized spacial score (nSPS) is 6.52. The van der Waals surface area contributed by atoms with Gasteiger partial charge in [-0.1, -0.05) is 68.2 Å². The number of benzene rings is 2. The van der Waals surface area contributed by atoms with Crippen LogP contribution in [-0.4, -0.2) is 23.6 Å². The summed E-state index contributed by atoms with van der Waals surface area (Å²) in [4.78, 5) is 22.5. The van der Waals surface area contributed by atoms with E-state index in [9.17, 15) is 9.59 Å². The van der Waals surface area contributed by atoms with Gasteiger partial charge in [-0.25, -0.2) is 0 Å². The van der Waals surface area contributed by atoms with E-state index in [2.05, 4.69) is 28.6 Å². The zero-order valence-electron chi connectivity index (χ0n) is 29.0. The molecule has 8 nitrogen and oxygen atoms in total. The van der Waals surface area contributed by atoms with Crippen LogP contribution in [0.25, 0.3) is 0 Å². The largest absolute Gasteiger partial charge is 0.518 e. The standard InChI is InChI=1S/2C9H8.C3H7N3O.C3H6O.4C2H6.CH5N3.HI.2Y/c2*1-2-6-9-7-4-3-5-8-9;1-2(7)6-3(4)5;1-3(2)4;4*1-2;2-1(3)4;;;/h2*1-5,7H,6H2;1H3,(H4,4,5,6,7);1-2H3;4*1-2H3;(H5,2,3,4);1H;;/q2*-2;;;;;;;;;;. The fourth-order valence-corrected chi connectivity index (χ4v) is 1.55. The second-order valence-corrected chi connectivity index (χ2v) is 6.07. The molecule has 0 atom stereocenters. The van der Waals surface area contributed by atoms with Crippen LogP contribution in [0.5, 0.6) is 0 Å². The van der Waals surface area contributed by atoms with E-state index in [0.29, 0.717) is 0 Å². The van der Waals surface area contributed by atoms with Crippen LogP contribution in [-0.2, 0) is 87.8 Å². The number of amides is 1. The summed E-state index contributed by atoms with van der Waals surface area (Å²) >= 11 is 0. The number of hydrogen-bond donors (Lipinski definition) is 5. The number of hydrogen-bond acceptors (Lipinski definition) is 3. The third-order valence-corrected chi connectivity index (χ3v) is 2.51. The minimum Gasteiger partial charge on any atom is -0.518 e. The van der Waals surface area contributed by atoms with Gasteiger partial charge in [-0.15, -0.1) is 24.0 Å². The number of nitrogens with zero attached hydrogens (tertiary/aromatic N) is 1. The second-order valence-electron chi connectivity index (χ2n) is 6.07. The molecular weight excluding hydrogens is 817 g/mol. The van der Waals surface area contributed by atoms with Crippen molar-refractivity contribution in [2.45, 2.75) is 89.0 Å². The Morgan fingerprint density at radius 3 is 1.09 bits per heavy atom. The van der Waals surface area contributed by atoms with Crippen molar-refractivity contribution in [2.75, 3.05) is 0 Å². The molecule has 0 aliphatic rings. The summed E-state index contributed by atoms with van der Waals surface area (Å²) in [5.41, 5.74) is 20.8. The molecule has 0 aliphatic heterocycles. The van der Waals surface area contributed by atoms with Crippen LogP contribution in [0.15, 0.2) is 65.7 Å². The minimum absolute atomic E-state index is 0. The van der Waals surface area contributed by atoms with Gasteiger partial charge in [0.1, 0.15) is 5.78 Å². The fourth-order valence-electron chi connectivity index (χ4n) is 1.55. The molecule has 250 valence electrons. The van der Waals surface area contributed by atoms with Crippen molar-refractivity contribution in [3.8, 4) is 0 Å². The van der Waals surface area contributed by atoms with Gasteiger partial charge in [-0.05, 0) is 13.8 Å². The number of nitrogens with one attached hydrogen (secondary N) is 1. The molecule has 0 bridgehead atoms. The van der Waals surface area contributed by atoms with E-state index in [0.717, 1.165) is 24.0 Å². The van der Waals surface area contributed by atoms with Crippen LogP contribution in [0.3, 0.4) is 0 Å². The van der Waals surface area contributed by atoms with E-state index < -0.39 is 0 Å². The first-order valence-electron chi connectivity index (χ1n) is 13.6. The Bertz CT molecular complexity index is 786. The number of carbonyl (C=O) groups excluding carboxylic acids is 2. The summed E-state index contributed by atoms with van der Waals surface area (Å²) in [6.45, 7) is 30.8. The number of aliphatic imine (C=N–C) groups is 1. The van der Waals surface area contributed by atoms with Crippen LogP contribution < -0.4 is 22.9 Å². The number of rotatable bonds is 4. The molecule has 0 saturated heterocycles. The van der Waals surface area contributed by atoms with E-state index in [-0.39, 0.29) is 113 Å². The number of allylic oxidation sites excluding steroid dienone is 2. The van der Waals surface area contributed by atoms with Crippen LogP contribution >= 0.6 is 24.0 Å². The van der Waals surface area contributed by atoms with Crippen molar-refractivity contribution in [3.05, 3.63) is 97.1 Å². The minimum atomic E-state index is -0.375. The maximum absolute atomic E-state index is 9.91. The number of ketones is 1. The Kier molecular flexibility index (Phi) is 109. The average molecular weight is 877 g/mol. The number of Topliss-reactive ketones (excluding diaryl/α,β-unsaturated/α-hetero) is 1. The summed E-state index contributed by atoms with van der Waals surface area (Å²) < 4.78 is 0. The van der Waals surface area contributed by atoms with Gasteiger partial charge in [0, 0.05) is 72.3 Å². The molecule has 0 aliphatic carbocycles.